The number of aromatic nitrogens is 2. The summed E-state index contributed by atoms with van der Waals surface area (Å²) in [4.78, 5) is 2.14. The molecule has 0 amide bonds. The summed E-state index contributed by atoms with van der Waals surface area (Å²) in [7, 11) is 1.91. The summed E-state index contributed by atoms with van der Waals surface area (Å²) in [6.07, 6.45) is 2.21. The third kappa shape index (κ3) is 2.82. The van der Waals surface area contributed by atoms with E-state index in [2.05, 4.69) is 10.00 Å². The Kier molecular flexibility index (Phi) is 3.50. The number of β-amino-alcohol motifs (C(OH)–C–C–N with tert-alkyl or cyclic N) is 1. The van der Waals surface area contributed by atoms with Crippen molar-refractivity contribution < 1.29 is 5.11 Å². The van der Waals surface area contributed by atoms with Gasteiger partial charge in [-0.2, -0.15) is 10.4 Å². The molecule has 1 fully saturated rings. The van der Waals surface area contributed by atoms with E-state index in [0.717, 1.165) is 23.4 Å². The SMILES string of the molecule is Cn1cc(CN2CC(O)(CC#N)C2)c(-c2ccccc2)n1. The van der Waals surface area contributed by atoms with Crippen LogP contribution in [0, 0.1) is 11.3 Å². The zero-order valence-corrected chi connectivity index (χ0v) is 12.0. The van der Waals surface area contributed by atoms with Gasteiger partial charge in [-0.25, -0.2) is 0 Å². The summed E-state index contributed by atoms with van der Waals surface area (Å²) in [5.74, 6) is 0. The van der Waals surface area contributed by atoms with Gasteiger partial charge in [0.1, 0.15) is 5.60 Å². The highest BCUT2D eigenvalue weighted by atomic mass is 16.3. The maximum atomic E-state index is 10.1. The predicted octanol–water partition coefficient (Wildman–Crippen LogP) is 1.55. The Morgan fingerprint density at radius 1 is 1.33 bits per heavy atom. The molecular weight excluding hydrogens is 264 g/mol. The van der Waals surface area contributed by atoms with Crippen LogP contribution in [0.2, 0.25) is 0 Å². The van der Waals surface area contributed by atoms with Crippen molar-refractivity contribution in [1.82, 2.24) is 14.7 Å². The van der Waals surface area contributed by atoms with E-state index in [4.69, 9.17) is 5.26 Å². The van der Waals surface area contributed by atoms with Crippen LogP contribution in [0.25, 0.3) is 11.3 Å². The van der Waals surface area contributed by atoms with E-state index in [0.29, 0.717) is 13.1 Å². The van der Waals surface area contributed by atoms with E-state index in [9.17, 15) is 5.11 Å². The van der Waals surface area contributed by atoms with Crippen molar-refractivity contribution in [2.24, 2.45) is 7.05 Å². The van der Waals surface area contributed by atoms with Crippen LogP contribution in [-0.4, -0.2) is 38.5 Å². The normalized spacial score (nSPS) is 17.2. The minimum atomic E-state index is -0.829. The van der Waals surface area contributed by atoms with Gasteiger partial charge in [0.15, 0.2) is 0 Å². The lowest BCUT2D eigenvalue weighted by molar-refractivity contribution is -0.0974. The predicted molar refractivity (Wildman–Crippen MR) is 79.1 cm³/mol. The fraction of sp³-hybridized carbons (Fsp3) is 0.375. The zero-order chi connectivity index (χ0) is 14.9. The van der Waals surface area contributed by atoms with Crippen molar-refractivity contribution in [3.63, 3.8) is 0 Å². The van der Waals surface area contributed by atoms with Gasteiger partial charge in [0, 0.05) is 44.0 Å². The Bertz CT molecular complexity index is 665. The lowest BCUT2D eigenvalue weighted by Crippen LogP contribution is -2.60. The molecule has 1 saturated heterocycles. The first kappa shape index (κ1) is 13.8. The first-order valence-electron chi connectivity index (χ1n) is 6.99. The number of aryl methyl sites for hydroxylation is 1. The van der Waals surface area contributed by atoms with Gasteiger partial charge in [0.05, 0.1) is 18.2 Å². The zero-order valence-electron chi connectivity index (χ0n) is 12.0. The van der Waals surface area contributed by atoms with Crippen LogP contribution in [-0.2, 0) is 13.6 Å². The van der Waals surface area contributed by atoms with Crippen molar-refractivity contribution in [3.8, 4) is 17.3 Å². The molecular formula is C16H18N4O. The van der Waals surface area contributed by atoms with Crippen molar-refractivity contribution >= 4 is 0 Å². The van der Waals surface area contributed by atoms with Gasteiger partial charge in [0.2, 0.25) is 0 Å². The lowest BCUT2D eigenvalue weighted by atomic mass is 9.90. The Labute approximate surface area is 124 Å². The standard InChI is InChI=1S/C16H18N4O/c1-19-9-14(10-20-11-16(21,12-20)7-8-17)15(18-19)13-5-3-2-4-6-13/h2-6,9,21H,7,10-12H2,1H3. The topological polar surface area (TPSA) is 65.1 Å². The van der Waals surface area contributed by atoms with Crippen LogP contribution in [0.5, 0.6) is 0 Å². The summed E-state index contributed by atoms with van der Waals surface area (Å²) in [6, 6.07) is 12.1. The molecule has 0 aliphatic carbocycles. The number of aliphatic hydroxyl groups is 1. The lowest BCUT2D eigenvalue weighted by Gasteiger charge is -2.45. The Morgan fingerprint density at radius 3 is 2.71 bits per heavy atom. The Balaban J connectivity index is 1.75. The second-order valence-corrected chi connectivity index (χ2v) is 5.75. The second kappa shape index (κ2) is 5.32. The molecule has 0 bridgehead atoms. The largest absolute Gasteiger partial charge is 0.386 e. The third-order valence-electron chi connectivity index (χ3n) is 3.79. The summed E-state index contributed by atoms with van der Waals surface area (Å²) in [5.41, 5.74) is 2.39. The van der Waals surface area contributed by atoms with Crippen molar-refractivity contribution in [2.45, 2.75) is 18.6 Å². The number of nitriles is 1. The molecule has 2 heterocycles. The molecule has 0 unspecified atom stereocenters. The molecule has 5 heteroatoms. The van der Waals surface area contributed by atoms with Crippen molar-refractivity contribution in [3.05, 3.63) is 42.1 Å². The number of hydrogen-bond donors (Lipinski definition) is 1. The van der Waals surface area contributed by atoms with Crippen LogP contribution in [0.3, 0.4) is 0 Å². The van der Waals surface area contributed by atoms with Crippen LogP contribution in [0.15, 0.2) is 36.5 Å². The molecule has 1 aliphatic rings. The van der Waals surface area contributed by atoms with Crippen LogP contribution >= 0.6 is 0 Å². The van der Waals surface area contributed by atoms with Gasteiger partial charge in [-0.15, -0.1) is 0 Å². The van der Waals surface area contributed by atoms with Gasteiger partial charge in [-0.1, -0.05) is 30.3 Å². The van der Waals surface area contributed by atoms with Crippen LogP contribution in [0.1, 0.15) is 12.0 Å². The van der Waals surface area contributed by atoms with Crippen molar-refractivity contribution in [2.75, 3.05) is 13.1 Å². The Morgan fingerprint density at radius 2 is 2.05 bits per heavy atom. The smallest absolute Gasteiger partial charge is 0.103 e. The average molecular weight is 282 g/mol. The molecule has 1 aliphatic heterocycles. The fourth-order valence-electron chi connectivity index (χ4n) is 2.89. The highest BCUT2D eigenvalue weighted by molar-refractivity contribution is 5.62. The van der Waals surface area contributed by atoms with E-state index < -0.39 is 5.60 Å². The molecule has 0 atom stereocenters. The van der Waals surface area contributed by atoms with Gasteiger partial charge in [-0.05, 0) is 0 Å². The monoisotopic (exact) mass is 282 g/mol. The molecule has 1 aromatic heterocycles. The maximum Gasteiger partial charge on any atom is 0.103 e. The number of nitrogens with zero attached hydrogens (tertiary/aromatic N) is 4. The number of rotatable bonds is 4. The molecule has 0 saturated carbocycles. The van der Waals surface area contributed by atoms with E-state index in [1.165, 1.54) is 0 Å². The minimum Gasteiger partial charge on any atom is -0.386 e. The van der Waals surface area contributed by atoms with Gasteiger partial charge in [-0.3, -0.25) is 9.58 Å². The van der Waals surface area contributed by atoms with E-state index in [1.54, 1.807) is 0 Å². The Hall–Kier alpha value is -2.16. The average Bonchev–Trinajstić information content (AvgIpc) is 2.79. The molecule has 2 aromatic rings. The van der Waals surface area contributed by atoms with Crippen LogP contribution < -0.4 is 0 Å². The molecule has 1 N–H and O–H groups in total. The first-order valence-corrected chi connectivity index (χ1v) is 6.99. The molecule has 5 nitrogen and oxygen atoms in total. The number of benzene rings is 1. The van der Waals surface area contributed by atoms with E-state index in [1.807, 2.05) is 54.3 Å². The molecule has 0 radical (unpaired) electrons. The summed E-state index contributed by atoms with van der Waals surface area (Å²) >= 11 is 0. The third-order valence-corrected chi connectivity index (χ3v) is 3.79. The fourth-order valence-corrected chi connectivity index (χ4v) is 2.89. The quantitative estimate of drug-likeness (QED) is 0.924. The van der Waals surface area contributed by atoms with Crippen molar-refractivity contribution in [1.29, 1.82) is 5.26 Å². The first-order chi connectivity index (χ1) is 10.1. The van der Waals surface area contributed by atoms with Gasteiger partial charge < -0.3 is 5.11 Å². The second-order valence-electron chi connectivity index (χ2n) is 5.75. The molecule has 3 rings (SSSR count). The highest BCUT2D eigenvalue weighted by Gasteiger charge is 2.41. The van der Waals surface area contributed by atoms with E-state index in [-0.39, 0.29) is 6.42 Å². The summed E-state index contributed by atoms with van der Waals surface area (Å²) in [5, 5.41) is 23.3. The van der Waals surface area contributed by atoms with Gasteiger partial charge in [0.25, 0.3) is 0 Å². The van der Waals surface area contributed by atoms with Gasteiger partial charge >= 0.3 is 0 Å². The molecule has 1 aromatic carbocycles. The molecule has 108 valence electrons. The molecule has 21 heavy (non-hydrogen) atoms. The van der Waals surface area contributed by atoms with Crippen LogP contribution in [0.4, 0.5) is 0 Å². The molecule has 0 spiro atoms. The minimum absolute atomic E-state index is 0.197. The number of likely N-dealkylation sites (tertiary alicyclic amines) is 1. The number of hydrogen-bond acceptors (Lipinski definition) is 4. The van der Waals surface area contributed by atoms with E-state index >= 15 is 0 Å². The summed E-state index contributed by atoms with van der Waals surface area (Å²) < 4.78 is 1.82. The summed E-state index contributed by atoms with van der Waals surface area (Å²) in [6.45, 7) is 1.83. The maximum absolute atomic E-state index is 10.1. The highest BCUT2D eigenvalue weighted by Crippen LogP contribution is 2.29.